The van der Waals surface area contributed by atoms with Crippen LogP contribution in [0.3, 0.4) is 0 Å². The minimum Gasteiger partial charge on any atom is -0.495 e. The van der Waals surface area contributed by atoms with Crippen molar-refractivity contribution >= 4 is 23.4 Å². The molecule has 0 aliphatic rings. The zero-order valence-corrected chi connectivity index (χ0v) is 10.1. The van der Waals surface area contributed by atoms with Crippen LogP contribution in [-0.2, 0) is 9.59 Å². The van der Waals surface area contributed by atoms with Crippen molar-refractivity contribution in [2.24, 2.45) is 0 Å². The fourth-order valence-electron chi connectivity index (χ4n) is 1.30. The van der Waals surface area contributed by atoms with Crippen molar-refractivity contribution in [3.63, 3.8) is 0 Å². The van der Waals surface area contributed by atoms with Crippen LogP contribution < -0.4 is 15.4 Å². The van der Waals surface area contributed by atoms with Crippen LogP contribution in [0.4, 0.5) is 10.5 Å². The highest BCUT2D eigenvalue weighted by atomic mass is 16.5. The maximum absolute atomic E-state index is 11.5. The number of para-hydroxylation sites is 2. The Bertz CT molecular complexity index is 471. The van der Waals surface area contributed by atoms with E-state index in [1.165, 1.54) is 14.0 Å². The van der Waals surface area contributed by atoms with Crippen molar-refractivity contribution in [2.45, 2.75) is 13.3 Å². The molecule has 0 radical (unpaired) electrons. The minimum atomic E-state index is -0.703. The van der Waals surface area contributed by atoms with Gasteiger partial charge in [0.15, 0.2) is 0 Å². The van der Waals surface area contributed by atoms with E-state index in [1.54, 1.807) is 24.3 Å². The summed E-state index contributed by atoms with van der Waals surface area (Å²) in [6.45, 7) is 1.28. The van der Waals surface area contributed by atoms with E-state index in [0.29, 0.717) is 11.4 Å². The molecule has 0 aliphatic heterocycles. The average molecular weight is 250 g/mol. The molecule has 0 saturated carbocycles. The fraction of sp³-hybridized carbons (Fsp3) is 0.250. The number of carbonyl (C=O) groups excluding carboxylic acids is 3. The summed E-state index contributed by atoms with van der Waals surface area (Å²) in [5.74, 6) is -0.473. The number of rotatable bonds is 4. The number of ketones is 1. The van der Waals surface area contributed by atoms with Crippen molar-refractivity contribution in [3.05, 3.63) is 24.3 Å². The van der Waals surface area contributed by atoms with E-state index in [0.717, 1.165) is 0 Å². The molecule has 0 bridgehead atoms. The summed E-state index contributed by atoms with van der Waals surface area (Å²) < 4.78 is 5.03. The van der Waals surface area contributed by atoms with E-state index in [9.17, 15) is 14.4 Å². The Balaban J connectivity index is 2.59. The van der Waals surface area contributed by atoms with Gasteiger partial charge in [-0.25, -0.2) is 4.79 Å². The lowest BCUT2D eigenvalue weighted by Gasteiger charge is -2.09. The van der Waals surface area contributed by atoms with Crippen LogP contribution in [0, 0.1) is 0 Å². The summed E-state index contributed by atoms with van der Waals surface area (Å²) in [7, 11) is 1.47. The predicted octanol–water partition coefficient (Wildman–Crippen LogP) is 1.32. The maximum Gasteiger partial charge on any atom is 0.325 e. The van der Waals surface area contributed by atoms with Gasteiger partial charge in [0, 0.05) is 0 Å². The third-order valence-corrected chi connectivity index (χ3v) is 2.02. The van der Waals surface area contributed by atoms with E-state index >= 15 is 0 Å². The Hall–Kier alpha value is -2.37. The van der Waals surface area contributed by atoms with Crippen LogP contribution in [0.15, 0.2) is 24.3 Å². The Morgan fingerprint density at radius 1 is 1.22 bits per heavy atom. The largest absolute Gasteiger partial charge is 0.495 e. The molecule has 1 aromatic carbocycles. The Labute approximate surface area is 104 Å². The summed E-state index contributed by atoms with van der Waals surface area (Å²) in [5.41, 5.74) is 0.438. The van der Waals surface area contributed by atoms with Crippen LogP contribution in [0.25, 0.3) is 0 Å². The SMILES string of the molecule is COc1ccccc1NC(=O)NC(=O)CC(C)=O. The number of amides is 3. The molecule has 0 atom stereocenters. The monoisotopic (exact) mass is 250 g/mol. The summed E-state index contributed by atoms with van der Waals surface area (Å²) in [5, 5.41) is 4.50. The first-order chi connectivity index (χ1) is 8.52. The van der Waals surface area contributed by atoms with Crippen molar-refractivity contribution in [1.29, 1.82) is 0 Å². The Morgan fingerprint density at radius 2 is 1.89 bits per heavy atom. The average Bonchev–Trinajstić information content (AvgIpc) is 2.28. The molecular formula is C12H14N2O4. The van der Waals surface area contributed by atoms with Crippen LogP contribution in [0.1, 0.15) is 13.3 Å². The number of methoxy groups -OCH3 is 1. The fourth-order valence-corrected chi connectivity index (χ4v) is 1.30. The van der Waals surface area contributed by atoms with Gasteiger partial charge >= 0.3 is 6.03 Å². The third kappa shape index (κ3) is 4.25. The number of imide groups is 1. The highest BCUT2D eigenvalue weighted by Gasteiger charge is 2.11. The van der Waals surface area contributed by atoms with Crippen LogP contribution in [0.2, 0.25) is 0 Å². The van der Waals surface area contributed by atoms with Crippen LogP contribution in [-0.4, -0.2) is 24.8 Å². The highest BCUT2D eigenvalue weighted by Crippen LogP contribution is 2.22. The van der Waals surface area contributed by atoms with Gasteiger partial charge in [0.05, 0.1) is 19.2 Å². The number of benzene rings is 1. The molecule has 0 spiro atoms. The third-order valence-electron chi connectivity index (χ3n) is 2.02. The molecule has 1 aromatic rings. The Kier molecular flexibility index (Phi) is 4.86. The second-order valence-corrected chi connectivity index (χ2v) is 3.58. The second kappa shape index (κ2) is 6.39. The number of hydrogen-bond donors (Lipinski definition) is 2. The van der Waals surface area contributed by atoms with Crippen molar-refractivity contribution in [1.82, 2.24) is 5.32 Å². The van der Waals surface area contributed by atoms with Crippen LogP contribution in [0.5, 0.6) is 5.75 Å². The second-order valence-electron chi connectivity index (χ2n) is 3.58. The van der Waals surface area contributed by atoms with Crippen molar-refractivity contribution < 1.29 is 19.1 Å². The van der Waals surface area contributed by atoms with Gasteiger partial charge in [0.2, 0.25) is 5.91 Å². The van der Waals surface area contributed by atoms with Gasteiger partial charge in [0.25, 0.3) is 0 Å². The zero-order valence-electron chi connectivity index (χ0n) is 10.1. The molecule has 1 rings (SSSR count). The molecule has 0 aromatic heterocycles. The molecule has 96 valence electrons. The highest BCUT2D eigenvalue weighted by molar-refractivity contribution is 6.07. The smallest absolute Gasteiger partial charge is 0.325 e. The van der Waals surface area contributed by atoms with Gasteiger partial charge in [-0.05, 0) is 19.1 Å². The lowest BCUT2D eigenvalue weighted by molar-refractivity contribution is -0.126. The molecule has 0 aliphatic carbocycles. The first-order valence-electron chi connectivity index (χ1n) is 5.26. The molecular weight excluding hydrogens is 236 g/mol. The Morgan fingerprint density at radius 3 is 2.50 bits per heavy atom. The predicted molar refractivity (Wildman–Crippen MR) is 65.5 cm³/mol. The van der Waals surface area contributed by atoms with E-state index in [1.807, 2.05) is 5.32 Å². The quantitative estimate of drug-likeness (QED) is 0.789. The summed E-state index contributed by atoms with van der Waals surface area (Å²) in [6.07, 6.45) is -0.320. The molecule has 2 N–H and O–H groups in total. The first-order valence-corrected chi connectivity index (χ1v) is 5.26. The van der Waals surface area contributed by atoms with Gasteiger partial charge in [-0.2, -0.15) is 0 Å². The number of ether oxygens (including phenoxy) is 1. The van der Waals surface area contributed by atoms with Gasteiger partial charge in [0.1, 0.15) is 11.5 Å². The van der Waals surface area contributed by atoms with E-state index < -0.39 is 11.9 Å². The van der Waals surface area contributed by atoms with E-state index in [4.69, 9.17) is 4.74 Å². The topological polar surface area (TPSA) is 84.5 Å². The molecule has 6 nitrogen and oxygen atoms in total. The van der Waals surface area contributed by atoms with Gasteiger partial charge < -0.3 is 10.1 Å². The number of anilines is 1. The number of hydrogen-bond acceptors (Lipinski definition) is 4. The summed E-state index contributed by atoms with van der Waals surface area (Å²) in [4.78, 5) is 33.3. The molecule has 3 amide bonds. The van der Waals surface area contributed by atoms with Gasteiger partial charge in [-0.3, -0.25) is 14.9 Å². The lowest BCUT2D eigenvalue weighted by atomic mass is 10.3. The zero-order chi connectivity index (χ0) is 13.5. The van der Waals surface area contributed by atoms with E-state index in [2.05, 4.69) is 5.32 Å². The number of urea groups is 1. The van der Waals surface area contributed by atoms with E-state index in [-0.39, 0.29) is 12.2 Å². The number of nitrogens with one attached hydrogen (secondary N) is 2. The summed E-state index contributed by atoms with van der Waals surface area (Å²) >= 11 is 0. The van der Waals surface area contributed by atoms with Crippen LogP contribution >= 0.6 is 0 Å². The minimum absolute atomic E-state index is 0.308. The first kappa shape index (κ1) is 13.7. The summed E-state index contributed by atoms with van der Waals surface area (Å²) in [6, 6.07) is 6.07. The molecule has 0 fully saturated rings. The van der Waals surface area contributed by atoms with Gasteiger partial charge in [-0.1, -0.05) is 12.1 Å². The normalized spacial score (nSPS) is 9.44. The molecule has 18 heavy (non-hydrogen) atoms. The number of Topliss-reactive ketones (excluding diaryl/α,β-unsaturated/α-hetero) is 1. The lowest BCUT2D eigenvalue weighted by Crippen LogP contribution is -2.35. The maximum atomic E-state index is 11.5. The van der Waals surface area contributed by atoms with Crippen molar-refractivity contribution in [2.75, 3.05) is 12.4 Å². The standard InChI is InChI=1S/C12H14N2O4/c1-8(15)7-11(16)14-12(17)13-9-5-3-4-6-10(9)18-2/h3-6H,7H2,1-2H3,(H2,13,14,16,17). The molecule has 0 heterocycles. The number of carbonyl (C=O) groups is 3. The molecule has 0 saturated heterocycles. The van der Waals surface area contributed by atoms with Crippen molar-refractivity contribution in [3.8, 4) is 5.75 Å². The van der Waals surface area contributed by atoms with Gasteiger partial charge in [-0.15, -0.1) is 0 Å². The molecule has 6 heteroatoms. The molecule has 0 unspecified atom stereocenters.